The van der Waals surface area contributed by atoms with Crippen molar-refractivity contribution in [3.63, 3.8) is 0 Å². The van der Waals surface area contributed by atoms with Crippen molar-refractivity contribution >= 4 is 17.4 Å². The van der Waals surface area contributed by atoms with Crippen LogP contribution in [0.2, 0.25) is 0 Å². The summed E-state index contributed by atoms with van der Waals surface area (Å²) in [5, 5.41) is 5.82. The van der Waals surface area contributed by atoms with Gasteiger partial charge < -0.3 is 10.6 Å². The van der Waals surface area contributed by atoms with Gasteiger partial charge in [-0.2, -0.15) is 0 Å². The second kappa shape index (κ2) is 4.79. The lowest BCUT2D eigenvalue weighted by Crippen LogP contribution is -2.32. The molecule has 0 unspecified atom stereocenters. The molecule has 4 heteroatoms. The van der Waals surface area contributed by atoms with E-state index in [0.717, 1.165) is 24.2 Å². The van der Waals surface area contributed by atoms with Gasteiger partial charge in [-0.3, -0.25) is 9.79 Å². The maximum absolute atomic E-state index is 11.8. The van der Waals surface area contributed by atoms with Crippen molar-refractivity contribution in [2.24, 2.45) is 4.99 Å². The molecule has 0 bridgehead atoms. The maximum atomic E-state index is 11.8. The van der Waals surface area contributed by atoms with Gasteiger partial charge in [0.1, 0.15) is 0 Å². The SMILES string of the molecule is CCc1ccccc1NC(=O)C1=NCCN1. The maximum Gasteiger partial charge on any atom is 0.290 e. The zero-order chi connectivity index (χ0) is 11.4. The number of aliphatic imine (C=N–C) groups is 1. The van der Waals surface area contributed by atoms with Crippen LogP contribution in [0.5, 0.6) is 0 Å². The molecular weight excluding hydrogens is 202 g/mol. The molecule has 16 heavy (non-hydrogen) atoms. The summed E-state index contributed by atoms with van der Waals surface area (Å²) in [7, 11) is 0. The van der Waals surface area contributed by atoms with Gasteiger partial charge in [-0.05, 0) is 18.1 Å². The molecule has 1 aromatic rings. The Hall–Kier alpha value is -1.84. The van der Waals surface area contributed by atoms with Crippen LogP contribution < -0.4 is 10.6 Å². The number of anilines is 1. The lowest BCUT2D eigenvalue weighted by molar-refractivity contribution is -0.110. The number of amidine groups is 1. The number of para-hydroxylation sites is 1. The average molecular weight is 217 g/mol. The van der Waals surface area contributed by atoms with Crippen LogP contribution in [-0.2, 0) is 11.2 Å². The molecule has 0 fully saturated rings. The molecule has 1 heterocycles. The van der Waals surface area contributed by atoms with Gasteiger partial charge in [0.25, 0.3) is 5.91 Å². The van der Waals surface area contributed by atoms with Crippen LogP contribution in [0.3, 0.4) is 0 Å². The lowest BCUT2D eigenvalue weighted by atomic mass is 10.1. The van der Waals surface area contributed by atoms with Gasteiger partial charge in [0.2, 0.25) is 0 Å². The van der Waals surface area contributed by atoms with Gasteiger partial charge in [0, 0.05) is 12.2 Å². The third kappa shape index (κ3) is 2.21. The highest BCUT2D eigenvalue weighted by Gasteiger charge is 2.15. The third-order valence-electron chi connectivity index (χ3n) is 2.54. The molecule has 1 aromatic carbocycles. The second-order valence-electron chi connectivity index (χ2n) is 3.62. The first-order valence-electron chi connectivity index (χ1n) is 5.49. The molecule has 0 atom stereocenters. The van der Waals surface area contributed by atoms with Crippen LogP contribution in [0.4, 0.5) is 5.69 Å². The van der Waals surface area contributed by atoms with E-state index in [0.29, 0.717) is 12.4 Å². The lowest BCUT2D eigenvalue weighted by Gasteiger charge is -2.09. The van der Waals surface area contributed by atoms with Crippen molar-refractivity contribution in [1.29, 1.82) is 0 Å². The van der Waals surface area contributed by atoms with E-state index < -0.39 is 0 Å². The Morgan fingerprint density at radius 3 is 3.00 bits per heavy atom. The van der Waals surface area contributed by atoms with Crippen molar-refractivity contribution in [2.75, 3.05) is 18.4 Å². The number of rotatable bonds is 3. The Balaban J connectivity index is 2.11. The Bertz CT molecular complexity index is 426. The van der Waals surface area contributed by atoms with Crippen molar-refractivity contribution in [1.82, 2.24) is 5.32 Å². The fourth-order valence-electron chi connectivity index (χ4n) is 1.68. The smallest absolute Gasteiger partial charge is 0.290 e. The van der Waals surface area contributed by atoms with Crippen LogP contribution in [0, 0.1) is 0 Å². The monoisotopic (exact) mass is 217 g/mol. The Morgan fingerprint density at radius 2 is 2.31 bits per heavy atom. The first kappa shape index (κ1) is 10.7. The minimum atomic E-state index is -0.154. The van der Waals surface area contributed by atoms with E-state index in [1.165, 1.54) is 0 Å². The van der Waals surface area contributed by atoms with Crippen molar-refractivity contribution < 1.29 is 4.79 Å². The van der Waals surface area contributed by atoms with E-state index in [1.54, 1.807) is 0 Å². The standard InChI is InChI=1S/C12H15N3O/c1-2-9-5-3-4-6-10(9)15-12(16)11-13-7-8-14-11/h3-6H,2,7-8H2,1H3,(H,13,14)(H,15,16). The molecule has 1 aliphatic heterocycles. The number of amides is 1. The normalized spacial score (nSPS) is 14.2. The summed E-state index contributed by atoms with van der Waals surface area (Å²) in [6, 6.07) is 7.81. The van der Waals surface area contributed by atoms with E-state index in [2.05, 4.69) is 22.5 Å². The summed E-state index contributed by atoms with van der Waals surface area (Å²) in [5.74, 6) is 0.282. The van der Waals surface area contributed by atoms with Crippen LogP contribution in [0.15, 0.2) is 29.3 Å². The molecule has 0 spiro atoms. The molecule has 1 amide bonds. The summed E-state index contributed by atoms with van der Waals surface area (Å²) in [6.07, 6.45) is 0.899. The highest BCUT2D eigenvalue weighted by molar-refractivity contribution is 6.42. The highest BCUT2D eigenvalue weighted by Crippen LogP contribution is 2.15. The van der Waals surface area contributed by atoms with E-state index in [4.69, 9.17) is 0 Å². The fourth-order valence-corrected chi connectivity index (χ4v) is 1.68. The Labute approximate surface area is 94.8 Å². The van der Waals surface area contributed by atoms with E-state index in [-0.39, 0.29) is 5.91 Å². The zero-order valence-electron chi connectivity index (χ0n) is 9.29. The number of hydrogen-bond acceptors (Lipinski definition) is 3. The number of carbonyl (C=O) groups is 1. The summed E-state index contributed by atoms with van der Waals surface area (Å²) < 4.78 is 0. The molecule has 0 saturated heterocycles. The van der Waals surface area contributed by atoms with Gasteiger partial charge in [-0.15, -0.1) is 0 Å². The van der Waals surface area contributed by atoms with Crippen molar-refractivity contribution in [2.45, 2.75) is 13.3 Å². The van der Waals surface area contributed by atoms with Gasteiger partial charge in [0.15, 0.2) is 5.84 Å². The van der Waals surface area contributed by atoms with Crippen LogP contribution in [-0.4, -0.2) is 24.8 Å². The number of nitrogens with one attached hydrogen (secondary N) is 2. The number of nitrogens with zero attached hydrogens (tertiary/aromatic N) is 1. The minimum Gasteiger partial charge on any atom is -0.364 e. The second-order valence-corrected chi connectivity index (χ2v) is 3.62. The molecule has 2 rings (SSSR count). The van der Waals surface area contributed by atoms with Gasteiger partial charge >= 0.3 is 0 Å². The van der Waals surface area contributed by atoms with E-state index >= 15 is 0 Å². The molecule has 0 saturated carbocycles. The average Bonchev–Trinajstić information content (AvgIpc) is 2.83. The number of aryl methyl sites for hydroxylation is 1. The third-order valence-corrected chi connectivity index (χ3v) is 2.54. The van der Waals surface area contributed by atoms with Gasteiger partial charge in [-0.25, -0.2) is 0 Å². The van der Waals surface area contributed by atoms with Gasteiger partial charge in [-0.1, -0.05) is 25.1 Å². The first-order chi connectivity index (χ1) is 7.81. The summed E-state index contributed by atoms with van der Waals surface area (Å²) in [4.78, 5) is 15.9. The quantitative estimate of drug-likeness (QED) is 0.799. The van der Waals surface area contributed by atoms with Crippen LogP contribution in [0.1, 0.15) is 12.5 Å². The summed E-state index contributed by atoms with van der Waals surface area (Å²) in [5.41, 5.74) is 2.00. The van der Waals surface area contributed by atoms with Crippen LogP contribution >= 0.6 is 0 Å². The molecular formula is C12H15N3O. The molecule has 84 valence electrons. The largest absolute Gasteiger partial charge is 0.364 e. The highest BCUT2D eigenvalue weighted by atomic mass is 16.2. The minimum absolute atomic E-state index is 0.154. The van der Waals surface area contributed by atoms with E-state index in [1.807, 2.05) is 24.3 Å². The molecule has 4 nitrogen and oxygen atoms in total. The van der Waals surface area contributed by atoms with Crippen LogP contribution in [0.25, 0.3) is 0 Å². The first-order valence-corrected chi connectivity index (χ1v) is 5.49. The predicted molar refractivity (Wildman–Crippen MR) is 64.8 cm³/mol. The number of carbonyl (C=O) groups excluding carboxylic acids is 1. The van der Waals surface area contributed by atoms with Crippen molar-refractivity contribution in [3.8, 4) is 0 Å². The Kier molecular flexibility index (Phi) is 3.19. The molecule has 1 aliphatic rings. The summed E-state index contributed by atoms with van der Waals surface area (Å²) >= 11 is 0. The fraction of sp³-hybridized carbons (Fsp3) is 0.333. The summed E-state index contributed by atoms with van der Waals surface area (Å²) in [6.45, 7) is 3.49. The van der Waals surface area contributed by atoms with Crippen molar-refractivity contribution in [3.05, 3.63) is 29.8 Å². The molecule has 0 radical (unpaired) electrons. The zero-order valence-corrected chi connectivity index (χ0v) is 9.29. The topological polar surface area (TPSA) is 53.5 Å². The van der Waals surface area contributed by atoms with E-state index in [9.17, 15) is 4.79 Å². The predicted octanol–water partition coefficient (Wildman–Crippen LogP) is 1.19. The number of benzene rings is 1. The molecule has 0 aliphatic carbocycles. The molecule has 2 N–H and O–H groups in total. The Morgan fingerprint density at radius 1 is 1.50 bits per heavy atom. The molecule has 0 aromatic heterocycles. The van der Waals surface area contributed by atoms with Gasteiger partial charge in [0.05, 0.1) is 6.54 Å². The number of hydrogen-bond donors (Lipinski definition) is 2.